The first-order valence-corrected chi connectivity index (χ1v) is 8.20. The monoisotopic (exact) mass is 327 g/mol. The van der Waals surface area contributed by atoms with Crippen LogP contribution in [-0.4, -0.2) is 29.8 Å². The van der Waals surface area contributed by atoms with Crippen LogP contribution in [0.15, 0.2) is 18.2 Å². The van der Waals surface area contributed by atoms with Crippen molar-refractivity contribution < 1.29 is 14.3 Å². The van der Waals surface area contributed by atoms with Gasteiger partial charge in [-0.05, 0) is 55.7 Å². The number of benzene rings is 1. The molecule has 0 bridgehead atoms. The zero-order chi connectivity index (χ0) is 15.7. The second kappa shape index (κ2) is 9.63. The lowest BCUT2D eigenvalue weighted by atomic mass is 10.1. The second-order valence-electron chi connectivity index (χ2n) is 4.34. The van der Waals surface area contributed by atoms with Crippen LogP contribution >= 0.6 is 24.0 Å². The molecule has 0 saturated carbocycles. The molecular formula is C15H21NO3S2. The summed E-state index contributed by atoms with van der Waals surface area (Å²) in [6.45, 7) is 4.03. The van der Waals surface area contributed by atoms with Crippen molar-refractivity contribution >= 4 is 40.0 Å². The Morgan fingerprint density at radius 1 is 1.43 bits per heavy atom. The van der Waals surface area contributed by atoms with E-state index in [1.54, 1.807) is 18.9 Å². The molecule has 0 heterocycles. The minimum atomic E-state index is -0.0799. The van der Waals surface area contributed by atoms with Gasteiger partial charge in [0.1, 0.15) is 5.75 Å². The number of methoxy groups -OCH3 is 1. The fourth-order valence-electron chi connectivity index (χ4n) is 1.83. The van der Waals surface area contributed by atoms with Gasteiger partial charge in [-0.3, -0.25) is 4.79 Å². The molecule has 0 saturated heterocycles. The molecule has 1 aromatic rings. The van der Waals surface area contributed by atoms with Crippen LogP contribution in [0.3, 0.4) is 0 Å². The molecule has 1 rings (SSSR count). The fourth-order valence-corrected chi connectivity index (χ4v) is 2.86. The van der Waals surface area contributed by atoms with Crippen LogP contribution in [0.25, 0.3) is 0 Å². The van der Waals surface area contributed by atoms with Gasteiger partial charge in [-0.1, -0.05) is 11.8 Å². The zero-order valence-electron chi connectivity index (χ0n) is 12.6. The van der Waals surface area contributed by atoms with Crippen LogP contribution in [-0.2, 0) is 16.0 Å². The van der Waals surface area contributed by atoms with Gasteiger partial charge in [0.15, 0.2) is 0 Å². The van der Waals surface area contributed by atoms with Crippen molar-refractivity contribution in [2.45, 2.75) is 26.7 Å². The first-order chi connectivity index (χ1) is 10.1. The first-order valence-electron chi connectivity index (χ1n) is 6.80. The number of hydrogen-bond donors (Lipinski definition) is 1. The topological polar surface area (TPSA) is 47.6 Å². The summed E-state index contributed by atoms with van der Waals surface area (Å²) in [5, 5.41) is 2.78. The molecule has 0 aliphatic carbocycles. The number of rotatable bonds is 7. The van der Waals surface area contributed by atoms with Crippen LogP contribution < -0.4 is 10.1 Å². The molecule has 4 nitrogen and oxygen atoms in total. The van der Waals surface area contributed by atoms with Gasteiger partial charge < -0.3 is 14.8 Å². The first kappa shape index (κ1) is 17.8. The van der Waals surface area contributed by atoms with E-state index in [0.717, 1.165) is 35.6 Å². The predicted octanol–water partition coefficient (Wildman–Crippen LogP) is 3.64. The Morgan fingerprint density at radius 3 is 2.81 bits per heavy atom. The van der Waals surface area contributed by atoms with Crippen molar-refractivity contribution in [2.75, 3.05) is 24.8 Å². The molecule has 0 spiro atoms. The SMILES string of the molecule is CCOC(=S)SCCCc1cc(NC(C)=O)ccc1OC. The van der Waals surface area contributed by atoms with Gasteiger partial charge in [-0.15, -0.1) is 0 Å². The van der Waals surface area contributed by atoms with E-state index in [2.05, 4.69) is 5.32 Å². The smallest absolute Gasteiger partial charge is 0.221 e. The molecule has 0 radical (unpaired) electrons. The summed E-state index contributed by atoms with van der Waals surface area (Å²) in [7, 11) is 1.65. The van der Waals surface area contributed by atoms with Crippen LogP contribution in [0.1, 0.15) is 25.8 Å². The number of amides is 1. The van der Waals surface area contributed by atoms with Crippen molar-refractivity contribution in [1.82, 2.24) is 0 Å². The van der Waals surface area contributed by atoms with E-state index < -0.39 is 0 Å². The van der Waals surface area contributed by atoms with E-state index in [-0.39, 0.29) is 5.91 Å². The minimum Gasteiger partial charge on any atom is -0.496 e. The molecule has 0 aliphatic rings. The van der Waals surface area contributed by atoms with Crippen LogP contribution in [0, 0.1) is 0 Å². The van der Waals surface area contributed by atoms with Gasteiger partial charge in [0, 0.05) is 18.4 Å². The standard InChI is InChI=1S/C15H21NO3S2/c1-4-19-15(20)21-9-5-6-12-10-13(16-11(2)17)7-8-14(12)18-3/h7-8,10H,4-6,9H2,1-3H3,(H,16,17). The highest BCUT2D eigenvalue weighted by Crippen LogP contribution is 2.24. The normalized spacial score (nSPS) is 10.0. The Bertz CT molecular complexity index is 492. The Labute approximate surface area is 135 Å². The maximum absolute atomic E-state index is 11.1. The third-order valence-corrected chi connectivity index (χ3v) is 3.99. The number of nitrogens with one attached hydrogen (secondary N) is 1. The molecule has 0 fully saturated rings. The summed E-state index contributed by atoms with van der Waals surface area (Å²) < 4.78 is 11.2. The quantitative estimate of drug-likeness (QED) is 0.612. The lowest BCUT2D eigenvalue weighted by Gasteiger charge is -2.11. The summed E-state index contributed by atoms with van der Waals surface area (Å²) in [5.74, 6) is 1.65. The Hall–Kier alpha value is -1.27. The molecule has 6 heteroatoms. The molecule has 0 atom stereocenters. The molecule has 1 N–H and O–H groups in total. The third-order valence-electron chi connectivity index (χ3n) is 2.67. The minimum absolute atomic E-state index is 0.0799. The number of aryl methyl sites for hydroxylation is 1. The maximum atomic E-state index is 11.1. The zero-order valence-corrected chi connectivity index (χ0v) is 14.2. The number of carbonyl (C=O) groups excluding carboxylic acids is 1. The summed E-state index contributed by atoms with van der Waals surface area (Å²) in [6, 6.07) is 5.66. The van der Waals surface area contributed by atoms with Gasteiger partial charge in [0.2, 0.25) is 10.3 Å². The Balaban J connectivity index is 2.55. The molecule has 21 heavy (non-hydrogen) atoms. The van der Waals surface area contributed by atoms with E-state index in [9.17, 15) is 4.79 Å². The fraction of sp³-hybridized carbons (Fsp3) is 0.467. The molecule has 0 unspecified atom stereocenters. The van der Waals surface area contributed by atoms with Crippen LogP contribution in [0.2, 0.25) is 0 Å². The van der Waals surface area contributed by atoms with E-state index in [1.807, 2.05) is 25.1 Å². The summed E-state index contributed by atoms with van der Waals surface area (Å²) in [5.41, 5.74) is 1.86. The third kappa shape index (κ3) is 6.82. The van der Waals surface area contributed by atoms with E-state index >= 15 is 0 Å². The number of thioether (sulfide) groups is 1. The lowest BCUT2D eigenvalue weighted by molar-refractivity contribution is -0.114. The van der Waals surface area contributed by atoms with Gasteiger partial charge >= 0.3 is 0 Å². The summed E-state index contributed by atoms with van der Waals surface area (Å²) in [6.07, 6.45) is 1.82. The van der Waals surface area contributed by atoms with E-state index in [4.69, 9.17) is 21.7 Å². The van der Waals surface area contributed by atoms with E-state index in [1.165, 1.54) is 6.92 Å². The Kier molecular flexibility index (Phi) is 8.15. The molecule has 0 aromatic heterocycles. The van der Waals surface area contributed by atoms with Crippen molar-refractivity contribution in [3.63, 3.8) is 0 Å². The molecule has 1 amide bonds. The highest BCUT2D eigenvalue weighted by molar-refractivity contribution is 8.22. The molecule has 1 aromatic carbocycles. The van der Waals surface area contributed by atoms with Gasteiger partial charge in [-0.25, -0.2) is 0 Å². The van der Waals surface area contributed by atoms with Crippen LogP contribution in [0.5, 0.6) is 5.75 Å². The van der Waals surface area contributed by atoms with Gasteiger partial charge in [0.05, 0.1) is 13.7 Å². The highest BCUT2D eigenvalue weighted by Gasteiger charge is 2.06. The predicted molar refractivity (Wildman–Crippen MR) is 92.3 cm³/mol. The second-order valence-corrected chi connectivity index (χ2v) is 6.04. The van der Waals surface area contributed by atoms with Crippen molar-refractivity contribution in [2.24, 2.45) is 0 Å². The van der Waals surface area contributed by atoms with Gasteiger partial charge in [0.25, 0.3) is 0 Å². The summed E-state index contributed by atoms with van der Waals surface area (Å²) in [4.78, 5) is 11.1. The number of thiocarbonyl (C=S) groups is 1. The molecular weight excluding hydrogens is 306 g/mol. The largest absolute Gasteiger partial charge is 0.496 e. The number of ether oxygens (including phenoxy) is 2. The van der Waals surface area contributed by atoms with Crippen LogP contribution in [0.4, 0.5) is 5.69 Å². The van der Waals surface area contributed by atoms with E-state index in [0.29, 0.717) is 11.0 Å². The molecule has 116 valence electrons. The average Bonchev–Trinajstić information content (AvgIpc) is 2.43. The van der Waals surface area contributed by atoms with Crippen molar-refractivity contribution in [1.29, 1.82) is 0 Å². The summed E-state index contributed by atoms with van der Waals surface area (Å²) >= 11 is 6.62. The number of anilines is 1. The van der Waals surface area contributed by atoms with Crippen molar-refractivity contribution in [3.8, 4) is 5.75 Å². The highest BCUT2D eigenvalue weighted by atomic mass is 32.2. The average molecular weight is 327 g/mol. The number of carbonyl (C=O) groups is 1. The maximum Gasteiger partial charge on any atom is 0.221 e. The van der Waals surface area contributed by atoms with Crippen molar-refractivity contribution in [3.05, 3.63) is 23.8 Å². The number of hydrogen-bond acceptors (Lipinski definition) is 5. The van der Waals surface area contributed by atoms with Gasteiger partial charge in [-0.2, -0.15) is 0 Å². The Morgan fingerprint density at radius 2 is 2.19 bits per heavy atom. The lowest BCUT2D eigenvalue weighted by Crippen LogP contribution is -2.06. The molecule has 0 aliphatic heterocycles.